The zero-order valence-electron chi connectivity index (χ0n) is 17.7. The van der Waals surface area contributed by atoms with E-state index in [1.54, 1.807) is 17.0 Å². The molecule has 0 atom stereocenters. The molecule has 1 fully saturated rings. The number of esters is 1. The van der Waals surface area contributed by atoms with Crippen LogP contribution in [0, 0.1) is 13.8 Å². The molecule has 2 amide bonds. The van der Waals surface area contributed by atoms with Crippen LogP contribution in [0.2, 0.25) is 5.02 Å². The Balaban J connectivity index is 1.39. The van der Waals surface area contributed by atoms with Crippen molar-refractivity contribution < 1.29 is 19.1 Å². The van der Waals surface area contributed by atoms with E-state index in [0.29, 0.717) is 36.8 Å². The predicted molar refractivity (Wildman–Crippen MR) is 119 cm³/mol. The molecule has 164 valence electrons. The summed E-state index contributed by atoms with van der Waals surface area (Å²) in [4.78, 5) is 40.3. The van der Waals surface area contributed by atoms with Crippen LogP contribution in [0.15, 0.2) is 42.5 Å². The van der Waals surface area contributed by atoms with Crippen LogP contribution in [0.4, 0.5) is 5.69 Å². The van der Waals surface area contributed by atoms with Crippen molar-refractivity contribution >= 4 is 35.1 Å². The highest BCUT2D eigenvalue weighted by Crippen LogP contribution is 2.20. The Morgan fingerprint density at radius 2 is 1.74 bits per heavy atom. The molecular weight excluding hydrogens is 418 g/mol. The monoisotopic (exact) mass is 443 g/mol. The van der Waals surface area contributed by atoms with E-state index in [9.17, 15) is 14.4 Å². The molecule has 2 aromatic rings. The summed E-state index contributed by atoms with van der Waals surface area (Å²) in [6, 6.07) is 12.9. The number of halogens is 1. The number of amides is 2. The second-order valence-electron chi connectivity index (χ2n) is 7.49. The van der Waals surface area contributed by atoms with Gasteiger partial charge in [-0.05, 0) is 55.3 Å². The summed E-state index contributed by atoms with van der Waals surface area (Å²) in [6.07, 6.45) is 0. The van der Waals surface area contributed by atoms with Gasteiger partial charge in [0.1, 0.15) is 6.54 Å². The smallest absolute Gasteiger partial charge is 0.325 e. The maximum Gasteiger partial charge on any atom is 0.325 e. The molecule has 0 bridgehead atoms. The van der Waals surface area contributed by atoms with Crippen LogP contribution in [-0.2, 0) is 14.3 Å². The molecule has 1 aliphatic rings. The third-order valence-corrected chi connectivity index (χ3v) is 5.56. The van der Waals surface area contributed by atoms with E-state index >= 15 is 0 Å². The number of rotatable bonds is 6. The summed E-state index contributed by atoms with van der Waals surface area (Å²) in [7, 11) is 0. The highest BCUT2D eigenvalue weighted by Gasteiger charge is 2.22. The number of nitrogens with zero attached hydrogens (tertiary/aromatic N) is 2. The van der Waals surface area contributed by atoms with Gasteiger partial charge in [-0.3, -0.25) is 14.4 Å². The van der Waals surface area contributed by atoms with Crippen LogP contribution in [-0.4, -0.2) is 62.0 Å². The minimum atomic E-state index is -0.650. The van der Waals surface area contributed by atoms with Gasteiger partial charge in [0.05, 0.1) is 0 Å². The van der Waals surface area contributed by atoms with E-state index in [1.807, 2.05) is 44.2 Å². The summed E-state index contributed by atoms with van der Waals surface area (Å²) in [5, 5.41) is 3.19. The standard InChI is InChI=1S/C23H26ClN3O4/c1-16-6-7-18(12-17(16)2)23(30)25-14-22(29)31-15-21(28)27-10-8-26(9-11-27)20-5-3-4-19(24)13-20/h3-7,12-13H,8-11,14-15H2,1-2H3,(H,25,30). The predicted octanol–water partition coefficient (Wildman–Crippen LogP) is 2.58. The van der Waals surface area contributed by atoms with Crippen molar-refractivity contribution in [2.24, 2.45) is 0 Å². The van der Waals surface area contributed by atoms with Gasteiger partial charge in [-0.1, -0.05) is 23.7 Å². The van der Waals surface area contributed by atoms with E-state index in [2.05, 4.69) is 10.2 Å². The lowest BCUT2D eigenvalue weighted by Gasteiger charge is -2.36. The van der Waals surface area contributed by atoms with Crippen molar-refractivity contribution in [2.75, 3.05) is 44.2 Å². The molecule has 0 spiro atoms. The third-order valence-electron chi connectivity index (χ3n) is 5.32. The fourth-order valence-corrected chi connectivity index (χ4v) is 3.49. The normalized spacial score (nSPS) is 13.6. The first-order valence-electron chi connectivity index (χ1n) is 10.1. The number of ether oxygens (including phenoxy) is 1. The van der Waals surface area contributed by atoms with Crippen molar-refractivity contribution in [2.45, 2.75) is 13.8 Å². The summed E-state index contributed by atoms with van der Waals surface area (Å²) in [5.41, 5.74) is 3.58. The van der Waals surface area contributed by atoms with Gasteiger partial charge in [-0.15, -0.1) is 0 Å². The molecule has 0 aliphatic carbocycles. The zero-order chi connectivity index (χ0) is 22.4. The number of nitrogens with one attached hydrogen (secondary N) is 1. The lowest BCUT2D eigenvalue weighted by atomic mass is 10.1. The Bertz CT molecular complexity index is 971. The van der Waals surface area contributed by atoms with Crippen molar-refractivity contribution in [3.63, 3.8) is 0 Å². The van der Waals surface area contributed by atoms with Gasteiger partial charge >= 0.3 is 5.97 Å². The number of hydrogen-bond donors (Lipinski definition) is 1. The van der Waals surface area contributed by atoms with Gasteiger partial charge in [0.15, 0.2) is 6.61 Å². The average Bonchev–Trinajstić information content (AvgIpc) is 2.77. The number of carbonyl (C=O) groups excluding carboxylic acids is 3. The Morgan fingerprint density at radius 1 is 1.00 bits per heavy atom. The van der Waals surface area contributed by atoms with Crippen molar-refractivity contribution in [1.29, 1.82) is 0 Å². The number of piperazine rings is 1. The van der Waals surface area contributed by atoms with Crippen molar-refractivity contribution in [1.82, 2.24) is 10.2 Å². The van der Waals surface area contributed by atoms with E-state index in [4.69, 9.17) is 16.3 Å². The average molecular weight is 444 g/mol. The van der Waals surface area contributed by atoms with Crippen LogP contribution >= 0.6 is 11.6 Å². The molecule has 2 aromatic carbocycles. The van der Waals surface area contributed by atoms with Crippen molar-refractivity contribution in [3.8, 4) is 0 Å². The highest BCUT2D eigenvalue weighted by atomic mass is 35.5. The van der Waals surface area contributed by atoms with E-state index in [0.717, 1.165) is 16.8 Å². The minimum absolute atomic E-state index is 0.250. The largest absolute Gasteiger partial charge is 0.454 e. The summed E-state index contributed by atoms with van der Waals surface area (Å²) < 4.78 is 5.04. The Hall–Kier alpha value is -3.06. The highest BCUT2D eigenvalue weighted by molar-refractivity contribution is 6.30. The number of hydrogen-bond acceptors (Lipinski definition) is 5. The quantitative estimate of drug-likeness (QED) is 0.694. The molecule has 8 heteroatoms. The molecule has 0 radical (unpaired) electrons. The third kappa shape index (κ3) is 6.21. The topological polar surface area (TPSA) is 78.9 Å². The van der Waals surface area contributed by atoms with Crippen LogP contribution in [0.5, 0.6) is 0 Å². The molecule has 1 aliphatic heterocycles. The first-order valence-corrected chi connectivity index (χ1v) is 10.5. The molecule has 0 unspecified atom stereocenters. The summed E-state index contributed by atoms with van der Waals surface area (Å²) >= 11 is 6.04. The number of aryl methyl sites for hydroxylation is 2. The second-order valence-corrected chi connectivity index (χ2v) is 7.93. The maximum absolute atomic E-state index is 12.4. The van der Waals surface area contributed by atoms with Gasteiger partial charge in [-0.2, -0.15) is 0 Å². The lowest BCUT2D eigenvalue weighted by molar-refractivity contribution is -0.151. The first kappa shape index (κ1) is 22.6. The van der Waals surface area contributed by atoms with Crippen molar-refractivity contribution in [3.05, 3.63) is 64.2 Å². The van der Waals surface area contributed by atoms with Crippen LogP contribution in [0.25, 0.3) is 0 Å². The molecule has 1 heterocycles. The lowest BCUT2D eigenvalue weighted by Crippen LogP contribution is -2.50. The van der Waals surface area contributed by atoms with Gasteiger partial charge in [0, 0.05) is 42.5 Å². The summed E-state index contributed by atoms with van der Waals surface area (Å²) in [6.45, 7) is 5.66. The molecular formula is C23H26ClN3O4. The summed E-state index contributed by atoms with van der Waals surface area (Å²) in [5.74, 6) is -1.26. The van der Waals surface area contributed by atoms with E-state index in [-0.39, 0.29) is 25.0 Å². The minimum Gasteiger partial charge on any atom is -0.454 e. The fraction of sp³-hybridized carbons (Fsp3) is 0.348. The molecule has 0 saturated carbocycles. The number of carbonyl (C=O) groups is 3. The van der Waals surface area contributed by atoms with E-state index < -0.39 is 5.97 Å². The number of anilines is 1. The zero-order valence-corrected chi connectivity index (χ0v) is 18.4. The molecule has 7 nitrogen and oxygen atoms in total. The second kappa shape index (κ2) is 10.3. The van der Waals surface area contributed by atoms with Crippen LogP contribution in [0.3, 0.4) is 0 Å². The molecule has 31 heavy (non-hydrogen) atoms. The molecule has 3 rings (SSSR count). The Labute approximate surface area is 186 Å². The fourth-order valence-electron chi connectivity index (χ4n) is 3.31. The van der Waals surface area contributed by atoms with Gasteiger partial charge in [-0.25, -0.2) is 0 Å². The SMILES string of the molecule is Cc1ccc(C(=O)NCC(=O)OCC(=O)N2CCN(c3cccc(Cl)c3)CC2)cc1C. The van der Waals surface area contributed by atoms with Gasteiger partial charge < -0.3 is 19.9 Å². The first-order chi connectivity index (χ1) is 14.8. The van der Waals surface area contributed by atoms with Crippen LogP contribution in [0.1, 0.15) is 21.5 Å². The molecule has 0 aromatic heterocycles. The Morgan fingerprint density at radius 3 is 2.42 bits per heavy atom. The van der Waals surface area contributed by atoms with E-state index in [1.165, 1.54) is 0 Å². The molecule has 1 N–H and O–H groups in total. The van der Waals surface area contributed by atoms with Gasteiger partial charge in [0.25, 0.3) is 11.8 Å². The van der Waals surface area contributed by atoms with Crippen LogP contribution < -0.4 is 10.2 Å². The Kier molecular flexibility index (Phi) is 7.52. The number of benzene rings is 2. The molecule has 1 saturated heterocycles. The van der Waals surface area contributed by atoms with Gasteiger partial charge in [0.2, 0.25) is 0 Å². The maximum atomic E-state index is 12.4.